The van der Waals surface area contributed by atoms with Crippen LogP contribution in [0.5, 0.6) is 5.75 Å². The van der Waals surface area contributed by atoms with Crippen molar-refractivity contribution in [3.8, 4) is 5.75 Å². The van der Waals surface area contributed by atoms with Gasteiger partial charge in [0.05, 0.1) is 23.8 Å². The number of benzene rings is 2. The fourth-order valence-corrected chi connectivity index (χ4v) is 2.21. The van der Waals surface area contributed by atoms with E-state index in [1.807, 2.05) is 0 Å². The van der Waals surface area contributed by atoms with Crippen molar-refractivity contribution in [1.82, 2.24) is 0 Å². The predicted molar refractivity (Wildman–Crippen MR) is 98.4 cm³/mol. The van der Waals surface area contributed by atoms with Crippen LogP contribution in [0.15, 0.2) is 53.5 Å². The van der Waals surface area contributed by atoms with Gasteiger partial charge in [-0.15, -0.1) is 0 Å². The number of nitrogens with two attached hydrogens (primary N) is 2. The molecule has 1 atom stereocenters. The van der Waals surface area contributed by atoms with Gasteiger partial charge >= 0.3 is 11.9 Å². The summed E-state index contributed by atoms with van der Waals surface area (Å²) in [5.41, 5.74) is 12.3. The summed E-state index contributed by atoms with van der Waals surface area (Å²) in [6, 6.07) is 13.1. The zero-order valence-electron chi connectivity index (χ0n) is 14.6. The molecule has 2 aromatic rings. The van der Waals surface area contributed by atoms with E-state index in [0.717, 1.165) is 5.56 Å². The SMILES string of the molecule is CCOC(=O)[C@@H](C)c1ccc(OC(=O)c2ccc(N=C(N)N)cc2)cc1. The Morgan fingerprint density at radius 2 is 1.65 bits per heavy atom. The zero-order chi connectivity index (χ0) is 19.1. The highest BCUT2D eigenvalue weighted by Crippen LogP contribution is 2.21. The van der Waals surface area contributed by atoms with Gasteiger partial charge in [-0.05, 0) is 55.8 Å². The first-order chi connectivity index (χ1) is 12.4. The molecule has 0 aromatic heterocycles. The molecule has 0 amide bonds. The third-order valence-corrected chi connectivity index (χ3v) is 3.59. The molecule has 136 valence electrons. The van der Waals surface area contributed by atoms with Gasteiger partial charge in [0.2, 0.25) is 0 Å². The molecule has 4 N–H and O–H groups in total. The van der Waals surface area contributed by atoms with Crippen molar-refractivity contribution in [3.63, 3.8) is 0 Å². The maximum absolute atomic E-state index is 12.2. The third kappa shape index (κ3) is 5.07. The Bertz CT molecular complexity index is 795. The number of carbonyl (C=O) groups is 2. The number of guanidine groups is 1. The minimum atomic E-state index is -0.507. The summed E-state index contributed by atoms with van der Waals surface area (Å²) in [6.07, 6.45) is 0. The van der Waals surface area contributed by atoms with E-state index >= 15 is 0 Å². The number of rotatable bonds is 6. The molecule has 0 aliphatic rings. The molecule has 0 radical (unpaired) electrons. The minimum absolute atomic E-state index is 0.0579. The Labute approximate surface area is 151 Å². The number of carbonyl (C=O) groups excluding carboxylic acids is 2. The third-order valence-electron chi connectivity index (χ3n) is 3.59. The number of ether oxygens (including phenoxy) is 2. The van der Waals surface area contributed by atoms with E-state index in [0.29, 0.717) is 23.6 Å². The van der Waals surface area contributed by atoms with E-state index in [2.05, 4.69) is 4.99 Å². The summed E-state index contributed by atoms with van der Waals surface area (Å²) in [4.78, 5) is 27.8. The lowest BCUT2D eigenvalue weighted by molar-refractivity contribution is -0.144. The second kappa shape index (κ2) is 8.66. The monoisotopic (exact) mass is 355 g/mol. The van der Waals surface area contributed by atoms with Crippen molar-refractivity contribution < 1.29 is 19.1 Å². The van der Waals surface area contributed by atoms with Gasteiger partial charge in [-0.1, -0.05) is 12.1 Å². The largest absolute Gasteiger partial charge is 0.466 e. The van der Waals surface area contributed by atoms with Gasteiger partial charge in [0, 0.05) is 0 Å². The molecule has 2 rings (SSSR count). The van der Waals surface area contributed by atoms with Crippen LogP contribution in [0.3, 0.4) is 0 Å². The molecule has 0 fully saturated rings. The molecule has 7 nitrogen and oxygen atoms in total. The Morgan fingerprint density at radius 1 is 1.04 bits per heavy atom. The van der Waals surface area contributed by atoms with E-state index in [-0.39, 0.29) is 17.8 Å². The summed E-state index contributed by atoms with van der Waals surface area (Å²) in [6.45, 7) is 3.86. The standard InChI is InChI=1S/C19H21N3O4/c1-3-25-17(23)12(2)13-6-10-16(11-7-13)26-18(24)14-4-8-15(9-5-14)22-19(20)21/h4-12H,3H2,1-2H3,(H4,20,21,22)/t12-/m0/s1. The van der Waals surface area contributed by atoms with Crippen molar-refractivity contribution in [2.75, 3.05) is 6.61 Å². The number of hydrogen-bond acceptors (Lipinski definition) is 5. The van der Waals surface area contributed by atoms with Crippen molar-refractivity contribution in [2.45, 2.75) is 19.8 Å². The molecule has 26 heavy (non-hydrogen) atoms. The molecule has 0 saturated carbocycles. The minimum Gasteiger partial charge on any atom is -0.466 e. The molecule has 7 heteroatoms. The van der Waals surface area contributed by atoms with Gasteiger partial charge in [-0.25, -0.2) is 9.79 Å². The summed E-state index contributed by atoms with van der Waals surface area (Å²) in [5.74, 6) is -0.867. The van der Waals surface area contributed by atoms with Gasteiger partial charge < -0.3 is 20.9 Å². The summed E-state index contributed by atoms with van der Waals surface area (Å²) in [7, 11) is 0. The molecule has 0 spiro atoms. The van der Waals surface area contributed by atoms with Crippen LogP contribution in [-0.2, 0) is 9.53 Å². The smallest absolute Gasteiger partial charge is 0.343 e. The molecule has 0 aliphatic heterocycles. The van der Waals surface area contributed by atoms with Crippen LogP contribution < -0.4 is 16.2 Å². The fraction of sp³-hybridized carbons (Fsp3) is 0.211. The Kier molecular flexibility index (Phi) is 6.32. The molecule has 0 unspecified atom stereocenters. The highest BCUT2D eigenvalue weighted by Gasteiger charge is 2.16. The van der Waals surface area contributed by atoms with Crippen LogP contribution >= 0.6 is 0 Å². The molecule has 2 aromatic carbocycles. The van der Waals surface area contributed by atoms with E-state index in [1.54, 1.807) is 62.4 Å². The summed E-state index contributed by atoms with van der Waals surface area (Å²) in [5, 5.41) is 0. The lowest BCUT2D eigenvalue weighted by Gasteiger charge is -2.11. The molecule has 0 heterocycles. The highest BCUT2D eigenvalue weighted by atomic mass is 16.5. The number of esters is 2. The van der Waals surface area contributed by atoms with Gasteiger partial charge in [0.1, 0.15) is 5.75 Å². The zero-order valence-corrected chi connectivity index (χ0v) is 14.6. The normalized spacial score (nSPS) is 11.3. The second-order valence-corrected chi connectivity index (χ2v) is 5.52. The maximum Gasteiger partial charge on any atom is 0.343 e. The lowest BCUT2D eigenvalue weighted by atomic mass is 10.0. The first-order valence-electron chi connectivity index (χ1n) is 8.09. The topological polar surface area (TPSA) is 117 Å². The summed E-state index contributed by atoms with van der Waals surface area (Å²) >= 11 is 0. The van der Waals surface area contributed by atoms with E-state index in [1.165, 1.54) is 0 Å². The molecule has 0 aliphatic carbocycles. The van der Waals surface area contributed by atoms with E-state index < -0.39 is 5.97 Å². The van der Waals surface area contributed by atoms with Gasteiger partial charge in [-0.3, -0.25) is 4.79 Å². The first kappa shape index (κ1) is 19.0. The number of hydrogen-bond donors (Lipinski definition) is 2. The van der Waals surface area contributed by atoms with E-state index in [4.69, 9.17) is 20.9 Å². The van der Waals surface area contributed by atoms with Crippen LogP contribution in [0.4, 0.5) is 5.69 Å². The van der Waals surface area contributed by atoms with Crippen LogP contribution in [0.2, 0.25) is 0 Å². The maximum atomic E-state index is 12.2. The highest BCUT2D eigenvalue weighted by molar-refractivity contribution is 5.91. The molecular weight excluding hydrogens is 334 g/mol. The second-order valence-electron chi connectivity index (χ2n) is 5.52. The number of nitrogens with zero attached hydrogens (tertiary/aromatic N) is 1. The fourth-order valence-electron chi connectivity index (χ4n) is 2.21. The lowest BCUT2D eigenvalue weighted by Crippen LogP contribution is -2.21. The van der Waals surface area contributed by atoms with Crippen molar-refractivity contribution in [3.05, 3.63) is 59.7 Å². The van der Waals surface area contributed by atoms with Crippen molar-refractivity contribution in [2.24, 2.45) is 16.5 Å². The van der Waals surface area contributed by atoms with Crippen LogP contribution in [-0.4, -0.2) is 24.5 Å². The van der Waals surface area contributed by atoms with Crippen molar-refractivity contribution in [1.29, 1.82) is 0 Å². The van der Waals surface area contributed by atoms with Crippen LogP contribution in [0, 0.1) is 0 Å². The van der Waals surface area contributed by atoms with Crippen LogP contribution in [0.25, 0.3) is 0 Å². The Morgan fingerprint density at radius 3 is 2.19 bits per heavy atom. The van der Waals surface area contributed by atoms with Gasteiger partial charge in [-0.2, -0.15) is 0 Å². The van der Waals surface area contributed by atoms with Gasteiger partial charge in [0.25, 0.3) is 0 Å². The summed E-state index contributed by atoms with van der Waals surface area (Å²) < 4.78 is 10.3. The first-order valence-corrected chi connectivity index (χ1v) is 8.09. The van der Waals surface area contributed by atoms with E-state index in [9.17, 15) is 9.59 Å². The van der Waals surface area contributed by atoms with Crippen LogP contribution in [0.1, 0.15) is 35.7 Å². The number of aliphatic imine (C=N–C) groups is 1. The Hall–Kier alpha value is -3.35. The average molecular weight is 355 g/mol. The average Bonchev–Trinajstić information content (AvgIpc) is 2.62. The predicted octanol–water partition coefficient (Wildman–Crippen LogP) is 2.48. The molecular formula is C19H21N3O4. The van der Waals surface area contributed by atoms with Crippen molar-refractivity contribution >= 4 is 23.6 Å². The van der Waals surface area contributed by atoms with Gasteiger partial charge in [0.15, 0.2) is 5.96 Å². The molecule has 0 saturated heterocycles. The Balaban J connectivity index is 2.03. The molecule has 0 bridgehead atoms. The quantitative estimate of drug-likeness (QED) is 0.356.